The van der Waals surface area contributed by atoms with Crippen LogP contribution in [0.3, 0.4) is 0 Å². The lowest BCUT2D eigenvalue weighted by atomic mass is 10.0. The Kier molecular flexibility index (Phi) is 10.5. The number of nitrogens with zero attached hydrogens (tertiary/aromatic N) is 3. The van der Waals surface area contributed by atoms with E-state index in [0.29, 0.717) is 28.4 Å². The molecule has 2 N–H and O–H groups in total. The average Bonchev–Trinajstić information content (AvgIpc) is 3.54. The third kappa shape index (κ3) is 9.02. The third-order valence-corrected chi connectivity index (χ3v) is 7.28. The minimum absolute atomic E-state index is 0.0306. The molecule has 1 aromatic carbocycles. The van der Waals surface area contributed by atoms with Crippen LogP contribution in [0.4, 0.5) is 0 Å². The van der Waals surface area contributed by atoms with Crippen LogP contribution in [0.2, 0.25) is 0 Å². The number of aromatic nitrogens is 3. The molecule has 2 atom stereocenters. The lowest BCUT2D eigenvalue weighted by Crippen LogP contribution is -2.45. The molecule has 2 heterocycles. The van der Waals surface area contributed by atoms with Gasteiger partial charge in [-0.25, -0.2) is 9.78 Å². The van der Waals surface area contributed by atoms with Gasteiger partial charge in [0.05, 0.1) is 31.5 Å². The summed E-state index contributed by atoms with van der Waals surface area (Å²) in [7, 11) is 0. The lowest BCUT2D eigenvalue weighted by molar-refractivity contribution is -0.155. The summed E-state index contributed by atoms with van der Waals surface area (Å²) >= 11 is 0. The molecule has 12 heteroatoms. The van der Waals surface area contributed by atoms with Crippen molar-refractivity contribution in [3.63, 3.8) is 0 Å². The van der Waals surface area contributed by atoms with E-state index in [-0.39, 0.29) is 55.1 Å². The monoisotopic (exact) mass is 621 g/mol. The number of carbonyl (C=O) groups is 4. The summed E-state index contributed by atoms with van der Waals surface area (Å²) in [5.41, 5.74) is 1.49. The van der Waals surface area contributed by atoms with E-state index in [0.717, 1.165) is 12.8 Å². The fourth-order valence-corrected chi connectivity index (χ4v) is 4.76. The van der Waals surface area contributed by atoms with E-state index in [1.165, 1.54) is 10.9 Å². The number of benzene rings is 1. The summed E-state index contributed by atoms with van der Waals surface area (Å²) in [6.45, 7) is 13.1. The van der Waals surface area contributed by atoms with Crippen molar-refractivity contribution in [3.05, 3.63) is 48.0 Å². The van der Waals surface area contributed by atoms with Gasteiger partial charge >= 0.3 is 11.9 Å². The molecule has 0 saturated heterocycles. The number of ether oxygens (including phenoxy) is 2. The van der Waals surface area contributed by atoms with Crippen LogP contribution in [0.5, 0.6) is 0 Å². The van der Waals surface area contributed by atoms with Crippen LogP contribution in [0.25, 0.3) is 22.7 Å². The molecule has 0 radical (unpaired) electrons. The van der Waals surface area contributed by atoms with Crippen molar-refractivity contribution >= 4 is 23.8 Å². The molecule has 242 valence electrons. The molecular formula is C33H43N5O7. The maximum absolute atomic E-state index is 13.3. The average molecular weight is 622 g/mol. The van der Waals surface area contributed by atoms with Crippen LogP contribution in [-0.4, -0.2) is 62.8 Å². The van der Waals surface area contributed by atoms with Gasteiger partial charge in [0.25, 0.3) is 11.8 Å². The maximum Gasteiger partial charge on any atom is 0.328 e. The largest absolute Gasteiger partial charge is 0.464 e. The molecule has 0 spiro atoms. The van der Waals surface area contributed by atoms with E-state index in [2.05, 4.69) is 20.7 Å². The van der Waals surface area contributed by atoms with Gasteiger partial charge in [-0.1, -0.05) is 26.0 Å². The van der Waals surface area contributed by atoms with Gasteiger partial charge in [0.15, 0.2) is 0 Å². The van der Waals surface area contributed by atoms with Gasteiger partial charge in [0.2, 0.25) is 11.7 Å². The first-order valence-electron chi connectivity index (χ1n) is 15.4. The highest BCUT2D eigenvalue weighted by Gasteiger charge is 2.30. The van der Waals surface area contributed by atoms with Crippen LogP contribution in [0.1, 0.15) is 88.8 Å². The summed E-state index contributed by atoms with van der Waals surface area (Å²) < 4.78 is 17.8. The molecule has 0 bridgehead atoms. The van der Waals surface area contributed by atoms with Crippen molar-refractivity contribution in [2.75, 3.05) is 6.61 Å². The zero-order chi connectivity index (χ0) is 32.9. The van der Waals surface area contributed by atoms with Crippen LogP contribution in [0.15, 0.2) is 40.9 Å². The zero-order valence-electron chi connectivity index (χ0n) is 27.0. The molecule has 1 aliphatic rings. The summed E-state index contributed by atoms with van der Waals surface area (Å²) in [5, 5.41) is 10.4. The Morgan fingerprint density at radius 2 is 1.76 bits per heavy atom. The van der Waals surface area contributed by atoms with Gasteiger partial charge in [0, 0.05) is 17.2 Å². The van der Waals surface area contributed by atoms with E-state index in [9.17, 15) is 19.2 Å². The maximum atomic E-state index is 13.3. The minimum Gasteiger partial charge on any atom is -0.464 e. The second kappa shape index (κ2) is 14.1. The van der Waals surface area contributed by atoms with Crippen molar-refractivity contribution in [1.82, 2.24) is 25.4 Å². The molecule has 4 rings (SSSR count). The topological polar surface area (TPSA) is 155 Å². The molecule has 1 fully saturated rings. The summed E-state index contributed by atoms with van der Waals surface area (Å²) in [4.78, 5) is 55.2. The van der Waals surface area contributed by atoms with Gasteiger partial charge in [-0.15, -0.1) is 0 Å². The highest BCUT2D eigenvalue weighted by Crippen LogP contribution is 2.32. The zero-order valence-corrected chi connectivity index (χ0v) is 27.0. The number of hydrogen-bond acceptors (Lipinski definition) is 9. The Hall–Kier alpha value is -4.48. The predicted octanol–water partition coefficient (Wildman–Crippen LogP) is 4.78. The number of rotatable bonds is 13. The summed E-state index contributed by atoms with van der Waals surface area (Å²) in [5.74, 6) is -1.34. The van der Waals surface area contributed by atoms with E-state index < -0.39 is 23.5 Å². The van der Waals surface area contributed by atoms with Crippen molar-refractivity contribution in [2.24, 2.45) is 11.8 Å². The molecule has 2 aromatic heterocycles. The summed E-state index contributed by atoms with van der Waals surface area (Å²) in [6.07, 6.45) is 3.53. The number of oxazole rings is 1. The Balaban J connectivity index is 1.55. The van der Waals surface area contributed by atoms with Crippen LogP contribution in [0, 0.1) is 11.8 Å². The van der Waals surface area contributed by atoms with E-state index >= 15 is 0 Å². The molecule has 0 aliphatic heterocycles. The molecular weight excluding hydrogens is 578 g/mol. The van der Waals surface area contributed by atoms with E-state index in [1.807, 2.05) is 13.0 Å². The Labute approximate surface area is 263 Å². The standard InChI is InChI=1S/C33H43N5O7/c1-8-43-32(42)28(19(2)3)36-30(41)26-18-34-31(44-26)23-11-9-10-22(16-23)24-17-25(29(40)35-20(4)21-12-13-21)38(37-24)15-14-27(39)45-33(5,6)7/h9-11,16-21,28H,8,12-15H2,1-7H3,(H,35,40)(H,36,41)/t20-,28-/m0/s1. The molecule has 1 saturated carbocycles. The fourth-order valence-electron chi connectivity index (χ4n) is 4.76. The van der Waals surface area contributed by atoms with Crippen molar-refractivity contribution in [3.8, 4) is 22.7 Å². The molecule has 1 aliphatic carbocycles. The van der Waals surface area contributed by atoms with Gasteiger partial charge in [-0.3, -0.25) is 19.1 Å². The number of esters is 2. The number of hydrogen-bond donors (Lipinski definition) is 2. The third-order valence-electron chi connectivity index (χ3n) is 7.28. The molecule has 45 heavy (non-hydrogen) atoms. The first kappa shape index (κ1) is 33.4. The van der Waals surface area contributed by atoms with Crippen molar-refractivity contribution < 1.29 is 33.1 Å². The van der Waals surface area contributed by atoms with Gasteiger partial charge in [-0.2, -0.15) is 5.10 Å². The highest BCUT2D eigenvalue weighted by atomic mass is 16.6. The van der Waals surface area contributed by atoms with Crippen LogP contribution >= 0.6 is 0 Å². The second-order valence-electron chi connectivity index (χ2n) is 12.6. The normalized spacial score (nSPS) is 14.5. The van der Waals surface area contributed by atoms with Crippen molar-refractivity contribution in [2.45, 2.75) is 92.0 Å². The predicted molar refractivity (Wildman–Crippen MR) is 166 cm³/mol. The van der Waals surface area contributed by atoms with Crippen molar-refractivity contribution in [1.29, 1.82) is 0 Å². The molecule has 3 aromatic rings. The Morgan fingerprint density at radius 3 is 2.40 bits per heavy atom. The Bertz CT molecular complexity index is 1530. The fraction of sp³-hybridized carbons (Fsp3) is 0.515. The minimum atomic E-state index is -0.835. The van der Waals surface area contributed by atoms with Crippen LogP contribution in [-0.2, 0) is 25.6 Å². The van der Waals surface area contributed by atoms with Gasteiger partial charge < -0.3 is 24.5 Å². The van der Waals surface area contributed by atoms with Gasteiger partial charge in [-0.05, 0) is 77.5 Å². The number of nitrogens with one attached hydrogen (secondary N) is 2. The lowest BCUT2D eigenvalue weighted by Gasteiger charge is -2.19. The van der Waals surface area contributed by atoms with Gasteiger partial charge in [0.1, 0.15) is 17.3 Å². The Morgan fingerprint density at radius 1 is 1.04 bits per heavy atom. The molecule has 0 unspecified atom stereocenters. The van der Waals surface area contributed by atoms with E-state index in [1.54, 1.807) is 65.8 Å². The first-order chi connectivity index (χ1) is 21.3. The second-order valence-corrected chi connectivity index (χ2v) is 12.6. The van der Waals surface area contributed by atoms with E-state index in [4.69, 9.17) is 13.9 Å². The highest BCUT2D eigenvalue weighted by molar-refractivity contribution is 5.95. The number of carbonyl (C=O) groups excluding carboxylic acids is 4. The number of aryl methyl sites for hydroxylation is 1. The number of amides is 2. The molecule has 2 amide bonds. The molecule has 12 nitrogen and oxygen atoms in total. The van der Waals surface area contributed by atoms with Crippen LogP contribution < -0.4 is 10.6 Å². The smallest absolute Gasteiger partial charge is 0.328 e. The quantitative estimate of drug-likeness (QED) is 0.257. The SMILES string of the molecule is CCOC(=O)[C@@H](NC(=O)c1cnc(-c2cccc(-c3cc(C(=O)N[C@@H](C)C4CC4)n(CCC(=O)OC(C)(C)C)n3)c2)o1)C(C)C. The summed E-state index contributed by atoms with van der Waals surface area (Å²) in [6, 6.07) is 8.08. The first-order valence-corrected chi connectivity index (χ1v) is 15.4.